The van der Waals surface area contributed by atoms with Crippen LogP contribution in [0.25, 0.3) is 0 Å². The van der Waals surface area contributed by atoms with Crippen molar-refractivity contribution in [2.45, 2.75) is 84.3 Å². The molecule has 144 valence electrons. The number of hydrogen-bond donors (Lipinski definition) is 3. The Kier molecular flexibility index (Phi) is 4.53. The van der Waals surface area contributed by atoms with Crippen molar-refractivity contribution >= 4 is 0 Å². The van der Waals surface area contributed by atoms with Crippen molar-refractivity contribution in [3.8, 4) is 0 Å². The molecular weight excluding hydrogens is 310 g/mol. The summed E-state index contributed by atoms with van der Waals surface area (Å²) >= 11 is 0. The Hall–Kier alpha value is -0.120. The number of hydrogen-bond acceptors (Lipinski definition) is 3. The highest BCUT2D eigenvalue weighted by Gasteiger charge is 2.62. The fourth-order valence-corrected chi connectivity index (χ4v) is 8.40. The SMILES string of the molecule is C[C@H](CO)[C@H]1CC[C@H]2[C@@H]3[C@H](N)C[C@H]4C[C@@H](O)CC[C@]4(C)[C@H]3CC[C@]12C. The van der Waals surface area contributed by atoms with E-state index in [-0.39, 0.29) is 6.10 Å². The standard InChI is InChI=1S/C22H39NO2/c1-13(12-24)16-4-5-17-20-18(7-9-22(16,17)3)21(2)8-6-15(25)10-14(21)11-19(20)23/h13-20,24-25H,4-12,23H2,1-3H3/t13-,14-,15+,16-,17+,18+,19-,20+,21+,22-/m1/s1. The summed E-state index contributed by atoms with van der Waals surface area (Å²) in [7, 11) is 0. The molecule has 4 saturated carbocycles. The predicted molar refractivity (Wildman–Crippen MR) is 101 cm³/mol. The first-order valence-corrected chi connectivity index (χ1v) is 10.9. The second-order valence-electron chi connectivity index (χ2n) is 10.7. The van der Waals surface area contributed by atoms with E-state index in [0.29, 0.717) is 47.2 Å². The van der Waals surface area contributed by atoms with Gasteiger partial charge in [-0.05, 0) is 97.7 Å². The normalized spacial score (nSPS) is 56.6. The number of nitrogens with two attached hydrogens (primary N) is 1. The monoisotopic (exact) mass is 349 g/mol. The van der Waals surface area contributed by atoms with Crippen molar-refractivity contribution in [2.75, 3.05) is 6.61 Å². The first-order chi connectivity index (χ1) is 11.8. The molecule has 4 N–H and O–H groups in total. The van der Waals surface area contributed by atoms with E-state index in [2.05, 4.69) is 20.8 Å². The van der Waals surface area contributed by atoms with Crippen molar-refractivity contribution in [1.82, 2.24) is 0 Å². The maximum atomic E-state index is 10.2. The van der Waals surface area contributed by atoms with Gasteiger partial charge in [-0.1, -0.05) is 20.8 Å². The molecule has 0 spiro atoms. The summed E-state index contributed by atoms with van der Waals surface area (Å²) in [5.41, 5.74) is 7.60. The van der Waals surface area contributed by atoms with Gasteiger partial charge in [-0.2, -0.15) is 0 Å². The summed E-state index contributed by atoms with van der Waals surface area (Å²) in [6.45, 7) is 7.61. The quantitative estimate of drug-likeness (QED) is 0.714. The van der Waals surface area contributed by atoms with Gasteiger partial charge >= 0.3 is 0 Å². The smallest absolute Gasteiger partial charge is 0.0543 e. The second kappa shape index (κ2) is 6.21. The van der Waals surface area contributed by atoms with E-state index in [1.165, 1.54) is 32.1 Å². The molecule has 0 aliphatic heterocycles. The van der Waals surface area contributed by atoms with Crippen LogP contribution >= 0.6 is 0 Å². The zero-order valence-corrected chi connectivity index (χ0v) is 16.5. The van der Waals surface area contributed by atoms with Crippen molar-refractivity contribution in [3.63, 3.8) is 0 Å². The van der Waals surface area contributed by atoms with Crippen molar-refractivity contribution in [2.24, 2.45) is 52.1 Å². The molecule has 0 radical (unpaired) electrons. The van der Waals surface area contributed by atoms with Crippen molar-refractivity contribution in [1.29, 1.82) is 0 Å². The summed E-state index contributed by atoms with van der Waals surface area (Å²) in [5.74, 6) is 3.84. The lowest BCUT2D eigenvalue weighted by Gasteiger charge is -2.62. The van der Waals surface area contributed by atoms with Gasteiger partial charge in [0.05, 0.1) is 6.10 Å². The van der Waals surface area contributed by atoms with Gasteiger partial charge in [-0.15, -0.1) is 0 Å². The fourth-order valence-electron chi connectivity index (χ4n) is 8.40. The molecule has 25 heavy (non-hydrogen) atoms. The molecule has 0 saturated heterocycles. The summed E-state index contributed by atoms with van der Waals surface area (Å²) in [4.78, 5) is 0. The molecule has 4 aliphatic rings. The Bertz CT molecular complexity index is 510. The van der Waals surface area contributed by atoms with E-state index >= 15 is 0 Å². The van der Waals surface area contributed by atoms with Crippen LogP contribution in [0.3, 0.4) is 0 Å². The van der Waals surface area contributed by atoms with E-state index in [1.807, 2.05) is 0 Å². The highest BCUT2D eigenvalue weighted by molar-refractivity contribution is 5.12. The molecule has 4 fully saturated rings. The number of aliphatic hydroxyl groups is 2. The first-order valence-electron chi connectivity index (χ1n) is 10.9. The van der Waals surface area contributed by atoms with Crippen molar-refractivity contribution in [3.05, 3.63) is 0 Å². The lowest BCUT2D eigenvalue weighted by atomic mass is 9.43. The van der Waals surface area contributed by atoms with Gasteiger partial charge in [0, 0.05) is 12.6 Å². The van der Waals surface area contributed by atoms with Crippen LogP contribution in [0.4, 0.5) is 0 Å². The molecule has 4 aliphatic carbocycles. The minimum atomic E-state index is -0.100. The third-order valence-electron chi connectivity index (χ3n) is 9.78. The lowest BCUT2D eigenvalue weighted by Crippen LogP contribution is -2.60. The highest BCUT2D eigenvalue weighted by Crippen LogP contribution is 2.67. The van der Waals surface area contributed by atoms with Crippen molar-refractivity contribution < 1.29 is 10.2 Å². The zero-order chi connectivity index (χ0) is 18.0. The molecule has 0 aromatic rings. The van der Waals surface area contributed by atoms with Crippen LogP contribution in [0.2, 0.25) is 0 Å². The minimum absolute atomic E-state index is 0.100. The molecule has 0 heterocycles. The van der Waals surface area contributed by atoms with E-state index < -0.39 is 0 Å². The van der Waals surface area contributed by atoms with Crippen LogP contribution < -0.4 is 5.73 Å². The number of rotatable bonds is 2. The highest BCUT2D eigenvalue weighted by atomic mass is 16.3. The van der Waals surface area contributed by atoms with E-state index in [9.17, 15) is 10.2 Å². The average Bonchev–Trinajstić information content (AvgIpc) is 2.93. The predicted octanol–water partition coefficient (Wildman–Crippen LogP) is 3.57. The molecule has 0 bridgehead atoms. The first kappa shape index (κ1) is 18.3. The van der Waals surface area contributed by atoms with E-state index in [1.54, 1.807) is 0 Å². The number of aliphatic hydroxyl groups excluding tert-OH is 2. The Balaban J connectivity index is 1.63. The molecule has 0 aromatic heterocycles. The molecule has 0 aromatic carbocycles. The largest absolute Gasteiger partial charge is 0.396 e. The maximum absolute atomic E-state index is 10.2. The van der Waals surface area contributed by atoms with Crippen LogP contribution in [0.5, 0.6) is 0 Å². The molecule has 0 unspecified atom stereocenters. The molecular formula is C22H39NO2. The van der Waals surface area contributed by atoms with E-state index in [4.69, 9.17) is 5.73 Å². The topological polar surface area (TPSA) is 66.5 Å². The minimum Gasteiger partial charge on any atom is -0.396 e. The summed E-state index contributed by atoms with van der Waals surface area (Å²) in [6.07, 6.45) is 9.36. The number of fused-ring (bicyclic) bond motifs is 5. The van der Waals surface area contributed by atoms with Gasteiger partial charge in [0.15, 0.2) is 0 Å². The van der Waals surface area contributed by atoms with Gasteiger partial charge in [0.25, 0.3) is 0 Å². The summed E-state index contributed by atoms with van der Waals surface area (Å²) < 4.78 is 0. The van der Waals surface area contributed by atoms with Gasteiger partial charge in [0.2, 0.25) is 0 Å². The van der Waals surface area contributed by atoms with Crippen LogP contribution in [0, 0.1) is 46.3 Å². The van der Waals surface area contributed by atoms with Crippen LogP contribution in [-0.2, 0) is 0 Å². The molecule has 10 atom stereocenters. The summed E-state index contributed by atoms with van der Waals surface area (Å²) in [6, 6.07) is 0.307. The van der Waals surface area contributed by atoms with Gasteiger partial charge < -0.3 is 15.9 Å². The Morgan fingerprint density at radius 1 is 1.00 bits per heavy atom. The third-order valence-corrected chi connectivity index (χ3v) is 9.78. The Morgan fingerprint density at radius 3 is 2.40 bits per heavy atom. The maximum Gasteiger partial charge on any atom is 0.0543 e. The third kappa shape index (κ3) is 2.56. The van der Waals surface area contributed by atoms with Crippen LogP contribution in [0.15, 0.2) is 0 Å². The average molecular weight is 350 g/mol. The molecule has 3 heteroatoms. The summed E-state index contributed by atoms with van der Waals surface area (Å²) in [5, 5.41) is 20.0. The van der Waals surface area contributed by atoms with Gasteiger partial charge in [-0.25, -0.2) is 0 Å². The van der Waals surface area contributed by atoms with Crippen LogP contribution in [-0.4, -0.2) is 29.0 Å². The molecule has 4 rings (SSSR count). The van der Waals surface area contributed by atoms with Gasteiger partial charge in [0.1, 0.15) is 0 Å². The van der Waals surface area contributed by atoms with E-state index in [0.717, 1.165) is 31.1 Å². The van der Waals surface area contributed by atoms with Gasteiger partial charge in [-0.3, -0.25) is 0 Å². The molecule has 0 amide bonds. The lowest BCUT2D eigenvalue weighted by molar-refractivity contribution is -0.137. The Morgan fingerprint density at radius 2 is 1.68 bits per heavy atom. The zero-order valence-electron chi connectivity index (χ0n) is 16.5. The fraction of sp³-hybridized carbons (Fsp3) is 1.00. The molecule has 3 nitrogen and oxygen atoms in total. The van der Waals surface area contributed by atoms with Crippen LogP contribution in [0.1, 0.15) is 72.1 Å². The second-order valence-corrected chi connectivity index (χ2v) is 10.7. The Labute approximate surface area is 153 Å².